The maximum atomic E-state index is 12.2. The van der Waals surface area contributed by atoms with Crippen molar-refractivity contribution in [3.05, 3.63) is 60.2 Å². The fourth-order valence-electron chi connectivity index (χ4n) is 2.49. The molecule has 3 N–H and O–H groups in total. The Morgan fingerprint density at radius 3 is 2.12 bits per heavy atom. The number of anilines is 2. The zero-order valence-corrected chi connectivity index (χ0v) is 15.6. The van der Waals surface area contributed by atoms with Crippen molar-refractivity contribution in [1.82, 2.24) is 5.32 Å². The van der Waals surface area contributed by atoms with Gasteiger partial charge in [-0.3, -0.25) is 9.59 Å². The molecule has 0 saturated carbocycles. The molecule has 0 fully saturated rings. The lowest BCUT2D eigenvalue weighted by Gasteiger charge is -2.18. The molecule has 0 heterocycles. The van der Waals surface area contributed by atoms with Gasteiger partial charge in [0, 0.05) is 17.3 Å². The Hall–Kier alpha value is -2.82. The van der Waals surface area contributed by atoms with E-state index in [1.165, 1.54) is 0 Å². The quantitative estimate of drug-likeness (QED) is 0.673. The van der Waals surface area contributed by atoms with Crippen LogP contribution in [0.3, 0.4) is 0 Å². The molecule has 1 unspecified atom stereocenters. The molecule has 5 heteroatoms. The van der Waals surface area contributed by atoms with Gasteiger partial charge < -0.3 is 16.0 Å². The summed E-state index contributed by atoms with van der Waals surface area (Å²) >= 11 is 0. The van der Waals surface area contributed by atoms with E-state index in [9.17, 15) is 9.59 Å². The maximum Gasteiger partial charge on any atom is 0.239 e. The Bertz CT molecular complexity index is 712. The zero-order valence-electron chi connectivity index (χ0n) is 15.6. The van der Waals surface area contributed by atoms with Gasteiger partial charge in [0.2, 0.25) is 11.8 Å². The number of carbonyl (C=O) groups is 2. The van der Waals surface area contributed by atoms with E-state index in [0.717, 1.165) is 23.4 Å². The molecule has 0 aliphatic carbocycles. The number of hydrogen-bond donors (Lipinski definition) is 3. The van der Waals surface area contributed by atoms with Crippen LogP contribution in [0.25, 0.3) is 0 Å². The molecule has 0 spiro atoms. The van der Waals surface area contributed by atoms with E-state index >= 15 is 0 Å². The lowest BCUT2D eigenvalue weighted by atomic mass is 10.0. The molecule has 0 aliphatic heterocycles. The molecule has 26 heavy (non-hydrogen) atoms. The highest BCUT2D eigenvalue weighted by atomic mass is 16.2. The van der Waals surface area contributed by atoms with Gasteiger partial charge in [-0.1, -0.05) is 51.1 Å². The van der Waals surface area contributed by atoms with Crippen molar-refractivity contribution >= 4 is 23.2 Å². The van der Waals surface area contributed by atoms with E-state index < -0.39 is 0 Å². The topological polar surface area (TPSA) is 70.2 Å². The van der Waals surface area contributed by atoms with E-state index in [1.807, 2.05) is 68.4 Å². The minimum absolute atomic E-state index is 0.0131. The summed E-state index contributed by atoms with van der Waals surface area (Å²) in [5.74, 6) is -0.137. The summed E-state index contributed by atoms with van der Waals surface area (Å²) < 4.78 is 0. The predicted octanol–water partition coefficient (Wildman–Crippen LogP) is 3.96. The Kier molecular flexibility index (Phi) is 7.21. The smallest absolute Gasteiger partial charge is 0.239 e. The summed E-state index contributed by atoms with van der Waals surface area (Å²) in [7, 11) is 0. The van der Waals surface area contributed by atoms with Crippen molar-refractivity contribution in [2.75, 3.05) is 17.2 Å². The second kappa shape index (κ2) is 9.61. The molecule has 0 saturated heterocycles. The van der Waals surface area contributed by atoms with Gasteiger partial charge in [-0.05, 0) is 36.2 Å². The average molecular weight is 353 g/mol. The molecule has 0 radical (unpaired) electrons. The van der Waals surface area contributed by atoms with Gasteiger partial charge in [-0.25, -0.2) is 0 Å². The largest absolute Gasteiger partial charge is 0.376 e. The molecule has 2 amide bonds. The molecule has 2 aromatic rings. The van der Waals surface area contributed by atoms with Gasteiger partial charge in [-0.2, -0.15) is 0 Å². The third-order valence-electron chi connectivity index (χ3n) is 4.08. The first-order valence-corrected chi connectivity index (χ1v) is 8.98. The molecule has 5 nitrogen and oxygen atoms in total. The van der Waals surface area contributed by atoms with E-state index in [0.29, 0.717) is 0 Å². The number of nitrogens with one attached hydrogen (secondary N) is 3. The van der Waals surface area contributed by atoms with Crippen LogP contribution in [0.1, 0.15) is 38.8 Å². The summed E-state index contributed by atoms with van der Waals surface area (Å²) in [5, 5.41) is 8.99. The molecule has 2 aromatic carbocycles. The van der Waals surface area contributed by atoms with Crippen LogP contribution >= 0.6 is 0 Å². The first kappa shape index (κ1) is 19.5. The van der Waals surface area contributed by atoms with Gasteiger partial charge >= 0.3 is 0 Å². The Morgan fingerprint density at radius 2 is 1.54 bits per heavy atom. The lowest BCUT2D eigenvalue weighted by molar-refractivity contribution is -0.120. The van der Waals surface area contributed by atoms with Crippen molar-refractivity contribution in [2.24, 2.45) is 5.92 Å². The van der Waals surface area contributed by atoms with Crippen LogP contribution in [0.5, 0.6) is 0 Å². The molecular weight excluding hydrogens is 326 g/mol. The van der Waals surface area contributed by atoms with Gasteiger partial charge in [0.1, 0.15) is 0 Å². The summed E-state index contributed by atoms with van der Waals surface area (Å²) in [6.07, 6.45) is 0.833. The van der Waals surface area contributed by atoms with Crippen LogP contribution in [0.15, 0.2) is 54.6 Å². The molecule has 0 aliphatic rings. The minimum atomic E-state index is -0.0624. The highest BCUT2D eigenvalue weighted by Crippen LogP contribution is 2.16. The van der Waals surface area contributed by atoms with E-state index in [4.69, 9.17) is 0 Å². The Balaban J connectivity index is 1.84. The predicted molar refractivity (Wildman–Crippen MR) is 106 cm³/mol. The zero-order chi connectivity index (χ0) is 18.9. The minimum Gasteiger partial charge on any atom is -0.376 e. The Morgan fingerprint density at radius 1 is 0.923 bits per heavy atom. The Labute approximate surface area is 155 Å². The molecule has 1 atom stereocenters. The highest BCUT2D eigenvalue weighted by molar-refractivity contribution is 5.92. The number of hydrogen-bond acceptors (Lipinski definition) is 3. The van der Waals surface area contributed by atoms with Gasteiger partial charge in [0.25, 0.3) is 0 Å². The van der Waals surface area contributed by atoms with Crippen LogP contribution < -0.4 is 16.0 Å². The van der Waals surface area contributed by atoms with Crippen molar-refractivity contribution in [1.29, 1.82) is 0 Å². The van der Waals surface area contributed by atoms with Crippen molar-refractivity contribution < 1.29 is 9.59 Å². The first-order valence-electron chi connectivity index (χ1n) is 8.98. The second-order valence-corrected chi connectivity index (χ2v) is 6.51. The number of rotatable bonds is 8. The summed E-state index contributed by atoms with van der Waals surface area (Å²) in [6.45, 7) is 5.95. The highest BCUT2D eigenvalue weighted by Gasteiger charge is 2.12. The van der Waals surface area contributed by atoms with Crippen LogP contribution in [0, 0.1) is 5.92 Å². The van der Waals surface area contributed by atoms with Crippen molar-refractivity contribution in [3.63, 3.8) is 0 Å². The standard InChI is InChI=1S/C21H27N3O2/c1-4-19(16-8-6-5-7-9-16)24-20(25)14-22-17-10-12-18(13-11-17)23-21(26)15(2)3/h5-13,15,19,22H,4,14H2,1-3H3,(H,23,26)(H,24,25). The van der Waals surface area contributed by atoms with Gasteiger partial charge in [-0.15, -0.1) is 0 Å². The van der Waals surface area contributed by atoms with E-state index in [-0.39, 0.29) is 30.3 Å². The summed E-state index contributed by atoms with van der Waals surface area (Å²) in [5.41, 5.74) is 2.68. The van der Waals surface area contributed by atoms with Crippen LogP contribution in [0.4, 0.5) is 11.4 Å². The van der Waals surface area contributed by atoms with Crippen molar-refractivity contribution in [2.45, 2.75) is 33.2 Å². The van der Waals surface area contributed by atoms with Crippen molar-refractivity contribution in [3.8, 4) is 0 Å². The molecule has 2 rings (SSSR count). The van der Waals surface area contributed by atoms with Gasteiger partial charge in [0.15, 0.2) is 0 Å². The van der Waals surface area contributed by atoms with Crippen LogP contribution in [0.2, 0.25) is 0 Å². The molecule has 138 valence electrons. The number of benzene rings is 2. The maximum absolute atomic E-state index is 12.2. The van der Waals surface area contributed by atoms with Gasteiger partial charge in [0.05, 0.1) is 12.6 Å². The number of carbonyl (C=O) groups excluding carboxylic acids is 2. The average Bonchev–Trinajstić information content (AvgIpc) is 2.66. The number of amides is 2. The second-order valence-electron chi connectivity index (χ2n) is 6.51. The summed E-state index contributed by atoms with van der Waals surface area (Å²) in [6, 6.07) is 17.3. The van der Waals surface area contributed by atoms with Crippen LogP contribution in [-0.4, -0.2) is 18.4 Å². The third kappa shape index (κ3) is 5.92. The van der Waals surface area contributed by atoms with Crippen LogP contribution in [-0.2, 0) is 9.59 Å². The third-order valence-corrected chi connectivity index (χ3v) is 4.08. The van der Waals surface area contributed by atoms with E-state index in [1.54, 1.807) is 0 Å². The molecular formula is C21H27N3O2. The van der Waals surface area contributed by atoms with E-state index in [2.05, 4.69) is 22.9 Å². The SMILES string of the molecule is CCC(NC(=O)CNc1ccc(NC(=O)C(C)C)cc1)c1ccccc1. The normalized spacial score (nSPS) is 11.7. The lowest BCUT2D eigenvalue weighted by Crippen LogP contribution is -2.33. The monoisotopic (exact) mass is 353 g/mol. The molecule has 0 aromatic heterocycles. The fourth-order valence-corrected chi connectivity index (χ4v) is 2.49. The molecule has 0 bridgehead atoms. The fraction of sp³-hybridized carbons (Fsp3) is 0.333. The first-order chi connectivity index (χ1) is 12.5. The summed E-state index contributed by atoms with van der Waals surface area (Å²) in [4.78, 5) is 23.9.